The molecule has 0 bridgehead atoms. The molecular formula is C13H14ClNO5. The summed E-state index contributed by atoms with van der Waals surface area (Å²) in [5.41, 5.74) is 0.310. The first-order valence-corrected chi connectivity index (χ1v) is 6.46. The van der Waals surface area contributed by atoms with Crippen molar-refractivity contribution in [3.63, 3.8) is 0 Å². The molecule has 1 amide bonds. The molecule has 1 aromatic rings. The maximum atomic E-state index is 12.4. The molecule has 1 atom stereocenters. The first kappa shape index (κ1) is 14.6. The van der Waals surface area contributed by atoms with Crippen LogP contribution in [0.5, 0.6) is 5.75 Å². The average Bonchev–Trinajstić information content (AvgIpc) is 2.41. The lowest BCUT2D eigenvalue weighted by Crippen LogP contribution is -2.49. The minimum Gasteiger partial charge on any atom is -0.506 e. The van der Waals surface area contributed by atoms with E-state index in [0.717, 1.165) is 0 Å². The van der Waals surface area contributed by atoms with E-state index in [0.29, 0.717) is 18.7 Å². The number of carboxylic acids is 1. The molecule has 0 aliphatic carbocycles. The lowest BCUT2D eigenvalue weighted by molar-refractivity contribution is -0.139. The molecule has 2 N–H and O–H groups in total. The third-order valence-corrected chi connectivity index (χ3v) is 3.40. The van der Waals surface area contributed by atoms with E-state index in [1.807, 2.05) is 0 Å². The van der Waals surface area contributed by atoms with Crippen molar-refractivity contribution < 1.29 is 24.5 Å². The number of carboxylic acid groups (broad SMARTS) is 1. The summed E-state index contributed by atoms with van der Waals surface area (Å²) in [4.78, 5) is 24.7. The average molecular weight is 300 g/mol. The van der Waals surface area contributed by atoms with Gasteiger partial charge in [-0.1, -0.05) is 11.6 Å². The molecule has 1 aromatic carbocycles. The van der Waals surface area contributed by atoms with E-state index in [1.54, 1.807) is 0 Å². The van der Waals surface area contributed by atoms with Gasteiger partial charge in [-0.3, -0.25) is 9.59 Å². The van der Waals surface area contributed by atoms with E-state index < -0.39 is 12.0 Å². The van der Waals surface area contributed by atoms with Crippen molar-refractivity contribution in [1.82, 2.24) is 4.90 Å². The molecule has 0 radical (unpaired) electrons. The zero-order valence-corrected chi connectivity index (χ0v) is 11.3. The van der Waals surface area contributed by atoms with Gasteiger partial charge in [0, 0.05) is 12.1 Å². The van der Waals surface area contributed by atoms with Crippen LogP contribution in [-0.2, 0) is 9.53 Å². The SMILES string of the molecule is O=C(O)CC1COCCN1C(=O)c1ccc(O)c(Cl)c1. The van der Waals surface area contributed by atoms with Crippen molar-refractivity contribution in [2.24, 2.45) is 0 Å². The summed E-state index contributed by atoms with van der Waals surface area (Å²) >= 11 is 5.78. The number of halogens is 1. The quantitative estimate of drug-likeness (QED) is 0.880. The fourth-order valence-electron chi connectivity index (χ4n) is 2.10. The molecule has 2 rings (SSSR count). The minimum atomic E-state index is -0.984. The van der Waals surface area contributed by atoms with Crippen molar-refractivity contribution in [1.29, 1.82) is 0 Å². The Hall–Kier alpha value is -1.79. The fourth-order valence-corrected chi connectivity index (χ4v) is 2.28. The molecule has 6 nitrogen and oxygen atoms in total. The molecule has 1 aliphatic rings. The van der Waals surface area contributed by atoms with Gasteiger partial charge < -0.3 is 19.8 Å². The topological polar surface area (TPSA) is 87.1 Å². The third-order valence-electron chi connectivity index (χ3n) is 3.09. The van der Waals surface area contributed by atoms with Crippen molar-refractivity contribution >= 4 is 23.5 Å². The van der Waals surface area contributed by atoms with Gasteiger partial charge in [0.05, 0.1) is 30.7 Å². The predicted molar refractivity (Wildman–Crippen MR) is 71.0 cm³/mol. The highest BCUT2D eigenvalue weighted by Gasteiger charge is 2.29. The molecule has 7 heteroatoms. The van der Waals surface area contributed by atoms with Gasteiger partial charge in [-0.2, -0.15) is 0 Å². The van der Waals surface area contributed by atoms with Gasteiger partial charge in [0.2, 0.25) is 0 Å². The zero-order chi connectivity index (χ0) is 14.7. The third kappa shape index (κ3) is 3.20. The van der Waals surface area contributed by atoms with Gasteiger partial charge in [0.25, 0.3) is 5.91 Å². The van der Waals surface area contributed by atoms with Crippen LogP contribution < -0.4 is 0 Å². The molecule has 1 saturated heterocycles. The standard InChI is InChI=1S/C13H14ClNO5/c14-10-5-8(1-2-11(10)16)13(19)15-3-4-20-7-9(15)6-12(17)18/h1-2,5,9,16H,3-4,6-7H2,(H,17,18). The van der Waals surface area contributed by atoms with Crippen molar-refractivity contribution in [2.45, 2.75) is 12.5 Å². The second-order valence-electron chi connectivity index (χ2n) is 4.49. The van der Waals surface area contributed by atoms with E-state index in [2.05, 4.69) is 0 Å². The molecule has 1 aliphatic heterocycles. The number of phenolic OH excluding ortho intramolecular Hbond substituents is 1. The van der Waals surface area contributed by atoms with Gasteiger partial charge in [0.15, 0.2) is 0 Å². The Morgan fingerprint density at radius 3 is 2.85 bits per heavy atom. The number of rotatable bonds is 3. The Morgan fingerprint density at radius 2 is 2.20 bits per heavy atom. The highest BCUT2D eigenvalue weighted by Crippen LogP contribution is 2.25. The Labute approximate surface area is 120 Å². The number of hydrogen-bond donors (Lipinski definition) is 2. The lowest BCUT2D eigenvalue weighted by Gasteiger charge is -2.34. The summed E-state index contributed by atoms with van der Waals surface area (Å²) in [7, 11) is 0. The van der Waals surface area contributed by atoms with Crippen LogP contribution in [0.1, 0.15) is 16.8 Å². The molecule has 0 aromatic heterocycles. The summed E-state index contributed by atoms with van der Waals surface area (Å²) in [5, 5.41) is 18.3. The minimum absolute atomic E-state index is 0.0823. The van der Waals surface area contributed by atoms with Crippen LogP contribution in [-0.4, -0.2) is 52.8 Å². The summed E-state index contributed by atoms with van der Waals surface area (Å²) in [6.07, 6.45) is -0.169. The molecule has 20 heavy (non-hydrogen) atoms. The summed E-state index contributed by atoms with van der Waals surface area (Å²) in [6, 6.07) is 3.66. The number of amides is 1. The van der Waals surface area contributed by atoms with E-state index in [9.17, 15) is 14.7 Å². The van der Waals surface area contributed by atoms with Crippen molar-refractivity contribution in [3.8, 4) is 5.75 Å². The van der Waals surface area contributed by atoms with Gasteiger partial charge in [-0.05, 0) is 18.2 Å². The number of carbonyl (C=O) groups excluding carboxylic acids is 1. The fraction of sp³-hybridized carbons (Fsp3) is 0.385. The lowest BCUT2D eigenvalue weighted by atomic mass is 10.1. The Balaban J connectivity index is 2.20. The van der Waals surface area contributed by atoms with Crippen LogP contribution in [0.4, 0.5) is 0 Å². The van der Waals surface area contributed by atoms with Crippen molar-refractivity contribution in [2.75, 3.05) is 19.8 Å². The van der Waals surface area contributed by atoms with Crippen LogP contribution in [0.3, 0.4) is 0 Å². The molecule has 1 unspecified atom stereocenters. The summed E-state index contributed by atoms with van der Waals surface area (Å²) < 4.78 is 5.22. The largest absolute Gasteiger partial charge is 0.506 e. The maximum Gasteiger partial charge on any atom is 0.305 e. The highest BCUT2D eigenvalue weighted by molar-refractivity contribution is 6.32. The number of aromatic hydroxyl groups is 1. The van der Waals surface area contributed by atoms with Crippen LogP contribution >= 0.6 is 11.6 Å². The van der Waals surface area contributed by atoms with Gasteiger partial charge in [-0.15, -0.1) is 0 Å². The normalized spacial score (nSPS) is 18.9. The number of hydrogen-bond acceptors (Lipinski definition) is 4. The predicted octanol–water partition coefficient (Wildman–Crippen LogP) is 1.36. The van der Waals surface area contributed by atoms with E-state index in [4.69, 9.17) is 21.4 Å². The number of aliphatic carboxylic acids is 1. The number of carbonyl (C=O) groups is 2. The van der Waals surface area contributed by atoms with Crippen molar-refractivity contribution in [3.05, 3.63) is 28.8 Å². The van der Waals surface area contributed by atoms with Gasteiger partial charge >= 0.3 is 5.97 Å². The number of ether oxygens (including phenoxy) is 1. The number of morpholine rings is 1. The van der Waals surface area contributed by atoms with Crippen LogP contribution in [0.25, 0.3) is 0 Å². The molecule has 1 fully saturated rings. The summed E-state index contributed by atoms with van der Waals surface area (Å²) in [6.45, 7) is 0.896. The Kier molecular flexibility index (Phi) is 4.46. The Morgan fingerprint density at radius 1 is 1.45 bits per heavy atom. The number of phenols is 1. The monoisotopic (exact) mass is 299 g/mol. The zero-order valence-electron chi connectivity index (χ0n) is 10.6. The molecule has 108 valence electrons. The van der Waals surface area contributed by atoms with E-state index in [1.165, 1.54) is 23.1 Å². The van der Waals surface area contributed by atoms with Crippen LogP contribution in [0.15, 0.2) is 18.2 Å². The summed E-state index contributed by atoms with van der Waals surface area (Å²) in [5.74, 6) is -1.41. The molecule has 0 spiro atoms. The van der Waals surface area contributed by atoms with E-state index in [-0.39, 0.29) is 29.7 Å². The Bertz CT molecular complexity index is 533. The van der Waals surface area contributed by atoms with E-state index >= 15 is 0 Å². The maximum absolute atomic E-state index is 12.4. The number of benzene rings is 1. The molecule has 1 heterocycles. The number of nitrogens with zero attached hydrogens (tertiary/aromatic N) is 1. The van der Waals surface area contributed by atoms with Gasteiger partial charge in [0.1, 0.15) is 5.75 Å². The molecule has 0 saturated carbocycles. The second kappa shape index (κ2) is 6.11. The van der Waals surface area contributed by atoms with Gasteiger partial charge in [-0.25, -0.2) is 0 Å². The smallest absolute Gasteiger partial charge is 0.305 e. The second-order valence-corrected chi connectivity index (χ2v) is 4.90. The van der Waals surface area contributed by atoms with Crippen LogP contribution in [0.2, 0.25) is 5.02 Å². The first-order valence-electron chi connectivity index (χ1n) is 6.08. The first-order chi connectivity index (χ1) is 9.49. The highest BCUT2D eigenvalue weighted by atomic mass is 35.5. The molecular weight excluding hydrogens is 286 g/mol. The van der Waals surface area contributed by atoms with Crippen LogP contribution in [0, 0.1) is 0 Å².